The summed E-state index contributed by atoms with van der Waals surface area (Å²) in [6.45, 7) is 0. The standard InChI is InChI=1S/C15H9ClN/c16-13-8-6-12-7-9-14(17-15(12)10-13)11-4-2-1-3-5-11/h2-10H. The SMILES string of the molecule is Clc1ccc2ccc(-c3cc[c]cc3)nc2c1. The first-order chi connectivity index (χ1) is 8.33. The van der Waals surface area contributed by atoms with Crippen LogP contribution in [0.25, 0.3) is 22.2 Å². The van der Waals surface area contributed by atoms with Crippen molar-refractivity contribution < 1.29 is 0 Å². The minimum absolute atomic E-state index is 0.712. The highest BCUT2D eigenvalue weighted by molar-refractivity contribution is 6.31. The van der Waals surface area contributed by atoms with Gasteiger partial charge in [0.15, 0.2) is 0 Å². The minimum atomic E-state index is 0.712. The van der Waals surface area contributed by atoms with Crippen LogP contribution >= 0.6 is 11.6 Å². The van der Waals surface area contributed by atoms with Gasteiger partial charge in [-0.3, -0.25) is 0 Å². The second kappa shape index (κ2) is 4.19. The molecule has 0 N–H and O–H groups in total. The molecule has 1 nitrogen and oxygen atoms in total. The van der Waals surface area contributed by atoms with E-state index in [1.54, 1.807) is 0 Å². The van der Waals surface area contributed by atoms with Crippen LogP contribution in [0.1, 0.15) is 0 Å². The predicted octanol–water partition coefficient (Wildman–Crippen LogP) is 4.36. The van der Waals surface area contributed by atoms with Crippen LogP contribution in [0.4, 0.5) is 0 Å². The molecule has 2 heteroatoms. The summed E-state index contributed by atoms with van der Waals surface area (Å²) in [5.41, 5.74) is 2.96. The third-order valence-corrected chi connectivity index (χ3v) is 2.90. The van der Waals surface area contributed by atoms with Crippen molar-refractivity contribution in [3.63, 3.8) is 0 Å². The molecule has 0 bridgehead atoms. The van der Waals surface area contributed by atoms with Crippen molar-refractivity contribution in [1.82, 2.24) is 4.98 Å². The van der Waals surface area contributed by atoms with E-state index in [1.165, 1.54) is 0 Å². The van der Waals surface area contributed by atoms with Crippen LogP contribution in [-0.4, -0.2) is 4.98 Å². The third-order valence-electron chi connectivity index (χ3n) is 2.67. The molecule has 0 atom stereocenters. The molecule has 17 heavy (non-hydrogen) atoms. The molecule has 0 saturated heterocycles. The molecule has 2 aromatic carbocycles. The zero-order valence-electron chi connectivity index (χ0n) is 9.02. The van der Waals surface area contributed by atoms with Gasteiger partial charge in [-0.25, -0.2) is 4.98 Å². The van der Waals surface area contributed by atoms with Gasteiger partial charge in [0, 0.05) is 16.0 Å². The van der Waals surface area contributed by atoms with E-state index in [4.69, 9.17) is 11.6 Å². The van der Waals surface area contributed by atoms with Crippen LogP contribution in [0, 0.1) is 6.07 Å². The number of hydrogen-bond acceptors (Lipinski definition) is 1. The lowest BCUT2D eigenvalue weighted by Gasteiger charge is -2.03. The highest BCUT2D eigenvalue weighted by Crippen LogP contribution is 2.22. The topological polar surface area (TPSA) is 12.9 Å². The lowest BCUT2D eigenvalue weighted by atomic mass is 10.1. The van der Waals surface area contributed by atoms with Gasteiger partial charge >= 0.3 is 0 Å². The summed E-state index contributed by atoms with van der Waals surface area (Å²) in [4.78, 5) is 4.61. The molecule has 3 rings (SSSR count). The fourth-order valence-corrected chi connectivity index (χ4v) is 1.98. The summed E-state index contributed by atoms with van der Waals surface area (Å²) in [5.74, 6) is 0. The van der Waals surface area contributed by atoms with Crippen LogP contribution in [0.3, 0.4) is 0 Å². The Morgan fingerprint density at radius 1 is 0.941 bits per heavy atom. The zero-order valence-corrected chi connectivity index (χ0v) is 9.78. The van der Waals surface area contributed by atoms with Crippen LogP contribution in [0.5, 0.6) is 0 Å². The zero-order chi connectivity index (χ0) is 11.7. The molecule has 81 valence electrons. The van der Waals surface area contributed by atoms with E-state index < -0.39 is 0 Å². The minimum Gasteiger partial charge on any atom is -0.248 e. The second-order valence-corrected chi connectivity index (χ2v) is 4.26. The molecule has 1 radical (unpaired) electrons. The van der Waals surface area contributed by atoms with Crippen molar-refractivity contribution in [2.75, 3.05) is 0 Å². The summed E-state index contributed by atoms with van der Waals surface area (Å²) in [6, 6.07) is 20.6. The molecule has 0 aliphatic rings. The van der Waals surface area contributed by atoms with Gasteiger partial charge < -0.3 is 0 Å². The van der Waals surface area contributed by atoms with E-state index >= 15 is 0 Å². The van der Waals surface area contributed by atoms with E-state index in [2.05, 4.69) is 17.1 Å². The lowest BCUT2D eigenvalue weighted by molar-refractivity contribution is 1.40. The number of aromatic nitrogens is 1. The molecule has 0 unspecified atom stereocenters. The molecule has 0 aliphatic heterocycles. The van der Waals surface area contributed by atoms with Gasteiger partial charge in [-0.05, 0) is 24.3 Å². The fourth-order valence-electron chi connectivity index (χ4n) is 1.81. The van der Waals surface area contributed by atoms with Crippen LogP contribution in [0.15, 0.2) is 54.6 Å². The number of rotatable bonds is 1. The molecule has 0 saturated carbocycles. The largest absolute Gasteiger partial charge is 0.248 e. The van der Waals surface area contributed by atoms with Crippen LogP contribution in [-0.2, 0) is 0 Å². The number of benzene rings is 2. The maximum atomic E-state index is 5.97. The summed E-state index contributed by atoms with van der Waals surface area (Å²) in [6.07, 6.45) is 0. The number of halogens is 1. The monoisotopic (exact) mass is 238 g/mol. The van der Waals surface area contributed by atoms with Crippen molar-refractivity contribution in [3.05, 3.63) is 65.7 Å². The molecular weight excluding hydrogens is 230 g/mol. The average molecular weight is 239 g/mol. The van der Waals surface area contributed by atoms with E-state index in [-0.39, 0.29) is 0 Å². The normalized spacial score (nSPS) is 10.6. The Bertz CT molecular complexity index is 662. The molecular formula is C15H9ClN. The summed E-state index contributed by atoms with van der Waals surface area (Å²) < 4.78 is 0. The van der Waals surface area contributed by atoms with Gasteiger partial charge in [0.25, 0.3) is 0 Å². The van der Waals surface area contributed by atoms with E-state index in [0.29, 0.717) is 5.02 Å². The molecule has 1 aromatic heterocycles. The van der Waals surface area contributed by atoms with Gasteiger partial charge in [-0.15, -0.1) is 0 Å². The van der Waals surface area contributed by atoms with Gasteiger partial charge in [0.05, 0.1) is 11.2 Å². The highest BCUT2D eigenvalue weighted by Gasteiger charge is 2.01. The quantitative estimate of drug-likeness (QED) is 0.614. The van der Waals surface area contributed by atoms with Gasteiger partial charge in [0.2, 0.25) is 0 Å². The first-order valence-electron chi connectivity index (χ1n) is 5.36. The van der Waals surface area contributed by atoms with Crippen molar-refractivity contribution in [2.24, 2.45) is 0 Å². The Labute approximate surface area is 105 Å². The Morgan fingerprint density at radius 3 is 2.53 bits per heavy atom. The van der Waals surface area contributed by atoms with Crippen molar-refractivity contribution in [3.8, 4) is 11.3 Å². The predicted molar refractivity (Wildman–Crippen MR) is 71.0 cm³/mol. The van der Waals surface area contributed by atoms with Crippen molar-refractivity contribution >= 4 is 22.5 Å². The number of fused-ring (bicyclic) bond motifs is 1. The average Bonchev–Trinajstić information content (AvgIpc) is 2.39. The Balaban J connectivity index is 2.19. The molecule has 0 spiro atoms. The third kappa shape index (κ3) is 2.02. The van der Waals surface area contributed by atoms with Gasteiger partial charge in [-0.2, -0.15) is 0 Å². The van der Waals surface area contributed by atoms with Crippen LogP contribution in [0.2, 0.25) is 5.02 Å². The van der Waals surface area contributed by atoms with E-state index in [1.807, 2.05) is 48.5 Å². The smallest absolute Gasteiger partial charge is 0.0724 e. The highest BCUT2D eigenvalue weighted by atomic mass is 35.5. The van der Waals surface area contributed by atoms with Crippen molar-refractivity contribution in [2.45, 2.75) is 0 Å². The van der Waals surface area contributed by atoms with Crippen LogP contribution < -0.4 is 0 Å². The van der Waals surface area contributed by atoms with Crippen molar-refractivity contribution in [1.29, 1.82) is 0 Å². The molecule has 0 fully saturated rings. The van der Waals surface area contributed by atoms with Gasteiger partial charge in [-0.1, -0.05) is 48.0 Å². The summed E-state index contributed by atoms with van der Waals surface area (Å²) >= 11 is 5.97. The van der Waals surface area contributed by atoms with Gasteiger partial charge in [0.1, 0.15) is 0 Å². The molecule has 1 heterocycles. The Morgan fingerprint density at radius 2 is 1.71 bits per heavy atom. The fraction of sp³-hybridized carbons (Fsp3) is 0. The maximum absolute atomic E-state index is 5.97. The first kappa shape index (κ1) is 10.3. The number of hydrogen-bond donors (Lipinski definition) is 0. The number of pyridine rings is 1. The Kier molecular flexibility index (Phi) is 2.54. The summed E-state index contributed by atoms with van der Waals surface area (Å²) in [7, 11) is 0. The molecule has 3 aromatic rings. The van der Waals surface area contributed by atoms with E-state index in [9.17, 15) is 0 Å². The van der Waals surface area contributed by atoms with E-state index in [0.717, 1.165) is 22.2 Å². The number of nitrogens with zero attached hydrogens (tertiary/aromatic N) is 1. The molecule has 0 aliphatic carbocycles. The maximum Gasteiger partial charge on any atom is 0.0724 e. The lowest BCUT2D eigenvalue weighted by Crippen LogP contribution is -1.84. The first-order valence-corrected chi connectivity index (χ1v) is 5.73. The summed E-state index contributed by atoms with van der Waals surface area (Å²) in [5, 5.41) is 1.81. The second-order valence-electron chi connectivity index (χ2n) is 3.82. The molecule has 0 amide bonds. The Hall–Kier alpha value is -1.86.